The Hall–Kier alpha value is -3.17. The van der Waals surface area contributed by atoms with Gasteiger partial charge >= 0.3 is 0 Å². The number of hydrogen-bond donors (Lipinski definition) is 1. The van der Waals surface area contributed by atoms with Gasteiger partial charge in [-0.1, -0.05) is 42.2 Å². The Bertz CT molecular complexity index is 1300. The van der Waals surface area contributed by atoms with Crippen molar-refractivity contribution >= 4 is 51.7 Å². The molecule has 1 N–H and O–H groups in total. The van der Waals surface area contributed by atoms with Gasteiger partial charge in [-0.05, 0) is 49.2 Å². The van der Waals surface area contributed by atoms with E-state index >= 15 is 0 Å². The molecule has 1 aliphatic rings. The van der Waals surface area contributed by atoms with Crippen molar-refractivity contribution in [3.63, 3.8) is 0 Å². The fourth-order valence-electron chi connectivity index (χ4n) is 3.37. The number of fused-ring (bicyclic) bond motifs is 1. The van der Waals surface area contributed by atoms with Gasteiger partial charge in [0, 0.05) is 12.7 Å². The van der Waals surface area contributed by atoms with Crippen LogP contribution in [-0.4, -0.2) is 38.2 Å². The molecule has 0 bridgehead atoms. The summed E-state index contributed by atoms with van der Waals surface area (Å²) in [5.41, 5.74) is 2.50. The van der Waals surface area contributed by atoms with Crippen LogP contribution in [0.1, 0.15) is 23.6 Å². The third-order valence-corrected chi connectivity index (χ3v) is 6.38. The first-order chi connectivity index (χ1) is 15.4. The number of thioether (sulfide) groups is 1. The maximum atomic E-state index is 13.2. The molecule has 1 aromatic carbocycles. The maximum Gasteiger partial charge on any atom is 0.267 e. The lowest BCUT2D eigenvalue weighted by Gasteiger charge is -2.14. The van der Waals surface area contributed by atoms with E-state index in [9.17, 15) is 9.59 Å². The summed E-state index contributed by atoms with van der Waals surface area (Å²) in [5.74, 6) is 0.961. The molecule has 0 unspecified atom stereocenters. The predicted molar refractivity (Wildman–Crippen MR) is 132 cm³/mol. The van der Waals surface area contributed by atoms with Gasteiger partial charge < -0.3 is 10.1 Å². The zero-order valence-electron chi connectivity index (χ0n) is 17.9. The smallest absolute Gasteiger partial charge is 0.267 e. The summed E-state index contributed by atoms with van der Waals surface area (Å²) >= 11 is 6.65. The first-order valence-electron chi connectivity index (χ1n) is 10.1. The number of anilines is 1. The van der Waals surface area contributed by atoms with E-state index in [1.807, 2.05) is 44.2 Å². The van der Waals surface area contributed by atoms with E-state index in [0.29, 0.717) is 39.3 Å². The number of methoxy groups -OCH3 is 1. The van der Waals surface area contributed by atoms with Crippen molar-refractivity contribution in [2.75, 3.05) is 19.0 Å². The summed E-state index contributed by atoms with van der Waals surface area (Å²) in [4.78, 5) is 32.9. The van der Waals surface area contributed by atoms with Crippen LogP contribution in [0.3, 0.4) is 0 Å². The molecule has 1 aliphatic heterocycles. The van der Waals surface area contributed by atoms with E-state index in [2.05, 4.69) is 10.3 Å². The number of amides is 1. The number of carbonyl (C=O) groups excluding carboxylic acids is 1. The average molecular weight is 467 g/mol. The summed E-state index contributed by atoms with van der Waals surface area (Å²) in [7, 11) is 1.61. The van der Waals surface area contributed by atoms with Crippen LogP contribution in [0.15, 0.2) is 52.3 Å². The zero-order chi connectivity index (χ0) is 22.8. The minimum absolute atomic E-state index is 0.230. The Morgan fingerprint density at radius 2 is 1.94 bits per heavy atom. The molecule has 32 heavy (non-hydrogen) atoms. The van der Waals surface area contributed by atoms with Crippen LogP contribution in [0.25, 0.3) is 11.7 Å². The molecule has 2 aromatic heterocycles. The molecule has 164 valence electrons. The van der Waals surface area contributed by atoms with Crippen LogP contribution < -0.4 is 15.6 Å². The summed E-state index contributed by atoms with van der Waals surface area (Å²) < 4.78 is 7.13. The lowest BCUT2D eigenvalue weighted by molar-refractivity contribution is -0.122. The molecule has 3 aromatic rings. The molecule has 0 aliphatic carbocycles. The minimum atomic E-state index is -0.241. The molecule has 7 nitrogen and oxygen atoms in total. The highest BCUT2D eigenvalue weighted by atomic mass is 32.2. The van der Waals surface area contributed by atoms with Gasteiger partial charge in [0.15, 0.2) is 0 Å². The summed E-state index contributed by atoms with van der Waals surface area (Å²) in [6, 6.07) is 11.2. The number of thiocarbonyl (C=S) groups is 1. The van der Waals surface area contributed by atoms with Gasteiger partial charge in [-0.3, -0.25) is 18.9 Å². The van der Waals surface area contributed by atoms with E-state index in [1.54, 1.807) is 25.4 Å². The molecule has 1 fully saturated rings. The fourth-order valence-corrected chi connectivity index (χ4v) is 4.61. The Labute approximate surface area is 195 Å². The first-order valence-corrected chi connectivity index (χ1v) is 11.3. The lowest BCUT2D eigenvalue weighted by Crippen LogP contribution is -2.27. The van der Waals surface area contributed by atoms with Crippen molar-refractivity contribution in [3.8, 4) is 5.75 Å². The van der Waals surface area contributed by atoms with Gasteiger partial charge in [-0.25, -0.2) is 4.98 Å². The van der Waals surface area contributed by atoms with Gasteiger partial charge in [-0.2, -0.15) is 0 Å². The third kappa shape index (κ3) is 4.26. The first kappa shape index (κ1) is 22.0. The van der Waals surface area contributed by atoms with Gasteiger partial charge in [-0.15, -0.1) is 0 Å². The highest BCUT2D eigenvalue weighted by molar-refractivity contribution is 8.26. The van der Waals surface area contributed by atoms with E-state index in [4.69, 9.17) is 17.0 Å². The topological polar surface area (TPSA) is 75.9 Å². The van der Waals surface area contributed by atoms with Crippen molar-refractivity contribution in [1.29, 1.82) is 0 Å². The summed E-state index contributed by atoms with van der Waals surface area (Å²) in [6.07, 6.45) is 3.34. The van der Waals surface area contributed by atoms with Gasteiger partial charge in [0.2, 0.25) is 0 Å². The van der Waals surface area contributed by atoms with Crippen molar-refractivity contribution in [1.82, 2.24) is 14.3 Å². The normalized spacial score (nSPS) is 15.1. The molecule has 9 heteroatoms. The molecule has 0 radical (unpaired) electrons. The van der Waals surface area contributed by atoms with Crippen LogP contribution in [-0.2, 0) is 11.3 Å². The number of nitrogens with one attached hydrogen (secondary N) is 1. The second kappa shape index (κ2) is 9.13. The Balaban J connectivity index is 1.70. The molecule has 0 spiro atoms. The number of pyridine rings is 1. The van der Waals surface area contributed by atoms with Crippen molar-refractivity contribution in [3.05, 3.63) is 74.5 Å². The maximum absolute atomic E-state index is 13.2. The molecule has 4 rings (SSSR count). The third-order valence-electron chi connectivity index (χ3n) is 5.00. The standard InChI is InChI=1S/C23H22N4O3S2/c1-4-24-20-17(21(28)26-12-14(2)5-10-19(26)25-20)11-18-22(29)27(23(31)32-18)13-15-6-8-16(30-3)9-7-15/h5-12,24H,4,13H2,1-3H3. The Kier molecular flexibility index (Phi) is 6.29. The van der Waals surface area contributed by atoms with Gasteiger partial charge in [0.05, 0.1) is 24.1 Å². The number of carbonyl (C=O) groups is 1. The Morgan fingerprint density at radius 3 is 2.62 bits per heavy atom. The number of hydrogen-bond acceptors (Lipinski definition) is 7. The summed E-state index contributed by atoms with van der Waals surface area (Å²) in [6.45, 7) is 4.78. The van der Waals surface area contributed by atoms with Crippen LogP contribution in [0.5, 0.6) is 5.75 Å². The number of nitrogens with zero attached hydrogens (tertiary/aromatic N) is 3. The van der Waals surface area contributed by atoms with Crippen LogP contribution in [0.2, 0.25) is 0 Å². The average Bonchev–Trinajstić information content (AvgIpc) is 3.05. The van der Waals surface area contributed by atoms with Crippen LogP contribution >= 0.6 is 24.0 Å². The number of benzene rings is 1. The zero-order valence-corrected chi connectivity index (χ0v) is 19.5. The van der Waals surface area contributed by atoms with Crippen molar-refractivity contribution < 1.29 is 9.53 Å². The number of rotatable bonds is 6. The minimum Gasteiger partial charge on any atom is -0.497 e. The molecule has 0 atom stereocenters. The quantitative estimate of drug-likeness (QED) is 0.437. The Morgan fingerprint density at radius 1 is 1.19 bits per heavy atom. The van der Waals surface area contributed by atoms with Crippen LogP contribution in [0.4, 0.5) is 5.82 Å². The second-order valence-electron chi connectivity index (χ2n) is 7.26. The fraction of sp³-hybridized carbons (Fsp3) is 0.217. The largest absolute Gasteiger partial charge is 0.497 e. The number of ether oxygens (including phenoxy) is 1. The molecule has 3 heterocycles. The van der Waals surface area contributed by atoms with Crippen LogP contribution in [0, 0.1) is 6.92 Å². The second-order valence-corrected chi connectivity index (χ2v) is 8.94. The van der Waals surface area contributed by atoms with Crippen molar-refractivity contribution in [2.24, 2.45) is 0 Å². The van der Waals surface area contributed by atoms with E-state index in [0.717, 1.165) is 16.9 Å². The lowest BCUT2D eigenvalue weighted by atomic mass is 10.2. The molecule has 1 saturated heterocycles. The summed E-state index contributed by atoms with van der Waals surface area (Å²) in [5, 5.41) is 3.14. The van der Waals surface area contributed by atoms with Gasteiger partial charge in [0.1, 0.15) is 21.5 Å². The molecular formula is C23H22N4O3S2. The predicted octanol–water partition coefficient (Wildman–Crippen LogP) is 3.84. The molecule has 1 amide bonds. The molecular weight excluding hydrogens is 444 g/mol. The van der Waals surface area contributed by atoms with Gasteiger partial charge in [0.25, 0.3) is 11.5 Å². The number of aryl methyl sites for hydroxylation is 1. The molecule has 0 saturated carbocycles. The highest BCUT2D eigenvalue weighted by Crippen LogP contribution is 2.34. The number of aromatic nitrogens is 2. The SMILES string of the molecule is CCNc1nc2ccc(C)cn2c(=O)c1C=C1SC(=S)N(Cc2ccc(OC)cc2)C1=O. The van der Waals surface area contributed by atoms with E-state index in [-0.39, 0.29) is 11.5 Å². The van der Waals surface area contributed by atoms with Crippen molar-refractivity contribution in [2.45, 2.75) is 20.4 Å². The van der Waals surface area contributed by atoms with E-state index < -0.39 is 0 Å². The monoisotopic (exact) mass is 466 g/mol. The van der Waals surface area contributed by atoms with E-state index in [1.165, 1.54) is 21.1 Å². The highest BCUT2D eigenvalue weighted by Gasteiger charge is 2.32.